The van der Waals surface area contributed by atoms with Gasteiger partial charge in [-0.1, -0.05) is 78.1 Å². The van der Waals surface area contributed by atoms with Crippen LogP contribution in [-0.2, 0) is 19.1 Å². The van der Waals surface area contributed by atoms with Crippen molar-refractivity contribution in [1.29, 1.82) is 0 Å². The number of allylic oxidation sites excluding steroid dienone is 3. The molecule has 8 bridgehead atoms. The third-order valence-corrected chi connectivity index (χ3v) is 10.5. The van der Waals surface area contributed by atoms with Crippen LogP contribution in [0.15, 0.2) is 29.6 Å². The Kier molecular flexibility index (Phi) is 10.7. The molecule has 2 aliphatic heterocycles. The number of carbonyl (C=O) groups is 3. The fraction of sp³-hybridized carbons (Fsp3) is 0.375. The molecule has 256 valence electrons. The van der Waals surface area contributed by atoms with E-state index >= 15 is 0 Å². The first-order chi connectivity index (χ1) is 23.4. The summed E-state index contributed by atoms with van der Waals surface area (Å²) in [6.45, 7) is 18.3. The van der Waals surface area contributed by atoms with E-state index in [2.05, 4.69) is 20.4 Å². The molecule has 6 rings (SSSR count). The molecule has 0 radical (unpaired) electrons. The zero-order valence-corrected chi connectivity index (χ0v) is 31.6. The Hall–Kier alpha value is -4.28. The number of ketones is 1. The molecule has 3 atom stereocenters. The molecular formula is C40H42MgN4O5-2. The first kappa shape index (κ1) is 37.0. The van der Waals surface area contributed by atoms with Crippen molar-refractivity contribution in [3.8, 4) is 0 Å². The first-order valence-corrected chi connectivity index (χ1v) is 16.8. The maximum absolute atomic E-state index is 14.1. The van der Waals surface area contributed by atoms with E-state index in [1.54, 1.807) is 0 Å². The second-order valence-electron chi connectivity index (χ2n) is 13.2. The maximum Gasteiger partial charge on any atom is 2.00 e. The first-order valence-electron chi connectivity index (χ1n) is 16.8. The van der Waals surface area contributed by atoms with Gasteiger partial charge in [0, 0.05) is 12.0 Å². The van der Waals surface area contributed by atoms with Crippen LogP contribution in [0.4, 0.5) is 0 Å². The molecule has 1 aliphatic carbocycles. The van der Waals surface area contributed by atoms with E-state index in [4.69, 9.17) is 29.7 Å². The maximum atomic E-state index is 14.1. The molecule has 1 fully saturated rings. The van der Waals surface area contributed by atoms with Crippen molar-refractivity contribution < 1.29 is 23.9 Å². The van der Waals surface area contributed by atoms with Gasteiger partial charge in [0.2, 0.25) is 0 Å². The van der Waals surface area contributed by atoms with Gasteiger partial charge in [0.05, 0.1) is 7.11 Å². The van der Waals surface area contributed by atoms with Crippen molar-refractivity contribution in [2.75, 3.05) is 13.7 Å². The second kappa shape index (κ2) is 14.5. The summed E-state index contributed by atoms with van der Waals surface area (Å²) in [4.78, 5) is 55.4. The van der Waals surface area contributed by atoms with Crippen LogP contribution >= 0.6 is 0 Å². The zero-order chi connectivity index (χ0) is 35.3. The molecule has 0 saturated carbocycles. The SMILES string of the molecule is C=Cc1c2[n-]c(c1C)/C=C1\[N-]/C(=C3\c4[n-]c(c(C)c4C(=O)[C@@H]3C(=O)OC)/C=c3\[n-]/c(c(C)c3C)=C\2)[C@@H](CCC(=O)OC/C=C(/C)CC)[C@@H]1C.[Mg+2]. The number of Topliss-reactive ketones (excluding diaryl/α,β-unsaturated/α-hetero) is 1. The van der Waals surface area contributed by atoms with Crippen LogP contribution in [0.2, 0.25) is 0 Å². The zero-order valence-electron chi connectivity index (χ0n) is 30.2. The number of hydrogen-bond acceptors (Lipinski definition) is 5. The van der Waals surface area contributed by atoms with E-state index in [0.29, 0.717) is 40.2 Å². The Balaban J connectivity index is 0.00000486. The fourth-order valence-corrected chi connectivity index (χ4v) is 7.04. The van der Waals surface area contributed by atoms with Crippen molar-refractivity contribution in [1.82, 2.24) is 15.0 Å². The molecule has 0 aromatic carbocycles. The van der Waals surface area contributed by atoms with Crippen molar-refractivity contribution in [3.05, 3.63) is 102 Å². The minimum Gasteiger partial charge on any atom is -0.664 e. The molecule has 1 saturated heterocycles. The Morgan fingerprint density at radius 3 is 2.24 bits per heavy atom. The van der Waals surface area contributed by atoms with Crippen LogP contribution in [0.3, 0.4) is 0 Å². The number of rotatable bonds is 8. The summed E-state index contributed by atoms with van der Waals surface area (Å²) in [6.07, 6.45) is 11.0. The third-order valence-electron chi connectivity index (χ3n) is 10.5. The van der Waals surface area contributed by atoms with Gasteiger partial charge in [-0.15, -0.1) is 33.5 Å². The van der Waals surface area contributed by atoms with Crippen molar-refractivity contribution in [3.63, 3.8) is 0 Å². The van der Waals surface area contributed by atoms with Gasteiger partial charge >= 0.3 is 35.0 Å². The fourth-order valence-electron chi connectivity index (χ4n) is 7.04. The van der Waals surface area contributed by atoms with Gasteiger partial charge in [0.1, 0.15) is 12.5 Å². The smallest absolute Gasteiger partial charge is 0.664 e. The van der Waals surface area contributed by atoms with Gasteiger partial charge in [-0.3, -0.25) is 14.4 Å². The summed E-state index contributed by atoms with van der Waals surface area (Å²) in [6, 6.07) is 0. The summed E-state index contributed by atoms with van der Waals surface area (Å²) >= 11 is 0. The van der Waals surface area contributed by atoms with Gasteiger partial charge in [-0.25, -0.2) is 0 Å². The van der Waals surface area contributed by atoms with Gasteiger partial charge < -0.3 is 29.7 Å². The van der Waals surface area contributed by atoms with Crippen LogP contribution in [0, 0.1) is 45.4 Å². The van der Waals surface area contributed by atoms with Crippen molar-refractivity contribution in [2.24, 2.45) is 17.8 Å². The minimum atomic E-state index is -1.21. The number of aromatic nitrogens is 3. The molecule has 9 nitrogen and oxygen atoms in total. The predicted molar refractivity (Wildman–Crippen MR) is 195 cm³/mol. The molecule has 0 spiro atoms. The topological polar surface area (TPSA) is 126 Å². The monoisotopic (exact) mass is 682 g/mol. The number of methoxy groups -OCH3 is 1. The number of hydrogen-bond donors (Lipinski definition) is 0. The normalized spacial score (nSPS) is 23.1. The molecule has 0 unspecified atom stereocenters. The molecule has 5 heterocycles. The molecule has 0 N–H and O–H groups in total. The van der Waals surface area contributed by atoms with E-state index in [1.165, 1.54) is 7.11 Å². The quantitative estimate of drug-likeness (QED) is 0.139. The molecule has 0 amide bonds. The van der Waals surface area contributed by atoms with Crippen LogP contribution < -0.4 is 25.7 Å². The molecular weight excluding hydrogens is 641 g/mol. The Labute approximate surface area is 309 Å². The molecule has 3 aromatic rings. The summed E-state index contributed by atoms with van der Waals surface area (Å²) in [5.41, 5.74) is 10.4. The van der Waals surface area contributed by atoms with Crippen molar-refractivity contribution >= 4 is 70.7 Å². The molecule has 10 heteroatoms. The molecule has 3 aromatic heterocycles. The predicted octanol–water partition coefficient (Wildman–Crippen LogP) is 5.08. The van der Waals surface area contributed by atoms with Crippen LogP contribution in [-0.4, -0.2) is 54.5 Å². The summed E-state index contributed by atoms with van der Waals surface area (Å²) in [5, 5.41) is 6.69. The number of carbonyl (C=O) groups excluding carboxylic acids is 3. The third kappa shape index (κ3) is 6.28. The standard InChI is InChI=1S/C40H43N4O5.Mg/c1-10-19(3)14-15-49-33(45)13-12-26-23(7)30-17-29-22(6)25(11-2)32(42-29)18-28-21(5)20(4)27(41-28)16-31-24(8)34-38(44-31)35(37(26)43-30)36(39(34)46)40(47)48-9;/h11,14,16-18,23,26,36H,2,10,12-13,15H2,1,3-9H3,(H-,43,44,46);/q-3;+2/p-1/b19-14-,27-16-,28-18-,30-17-;/t23-,26-,36+;/m0./s1. The number of esters is 2. The van der Waals surface area contributed by atoms with E-state index in [0.717, 1.165) is 62.0 Å². The van der Waals surface area contributed by atoms with E-state index in [9.17, 15) is 14.4 Å². The Morgan fingerprint density at radius 1 is 0.940 bits per heavy atom. The van der Waals surface area contributed by atoms with Crippen LogP contribution in [0.25, 0.3) is 35.2 Å². The molecule has 50 heavy (non-hydrogen) atoms. The largest absolute Gasteiger partial charge is 2.00 e. The van der Waals surface area contributed by atoms with E-state index in [-0.39, 0.29) is 59.7 Å². The second-order valence-corrected chi connectivity index (χ2v) is 13.2. The summed E-state index contributed by atoms with van der Waals surface area (Å²) in [7, 11) is 1.28. The number of ether oxygens (including phenoxy) is 2. The average molecular weight is 683 g/mol. The van der Waals surface area contributed by atoms with Gasteiger partial charge in [0.15, 0.2) is 5.78 Å². The van der Waals surface area contributed by atoms with E-state index < -0.39 is 11.9 Å². The Morgan fingerprint density at radius 2 is 1.60 bits per heavy atom. The van der Waals surface area contributed by atoms with Gasteiger partial charge in [-0.05, 0) is 70.9 Å². The average Bonchev–Trinajstić information content (AvgIpc) is 3.81. The minimum absolute atomic E-state index is 0. The number of fused-ring (bicyclic) bond motifs is 7. The summed E-state index contributed by atoms with van der Waals surface area (Å²) in [5.74, 6) is -3.05. The van der Waals surface area contributed by atoms with Crippen molar-refractivity contribution in [2.45, 2.75) is 67.7 Å². The molecule has 3 aliphatic rings. The van der Waals surface area contributed by atoms with Crippen LogP contribution in [0.5, 0.6) is 0 Å². The van der Waals surface area contributed by atoms with E-state index in [1.807, 2.05) is 65.0 Å². The van der Waals surface area contributed by atoms with Gasteiger partial charge in [-0.2, -0.15) is 11.4 Å². The summed E-state index contributed by atoms with van der Waals surface area (Å²) < 4.78 is 10.7. The van der Waals surface area contributed by atoms with Crippen LogP contribution in [0.1, 0.15) is 101 Å². The number of nitrogens with zero attached hydrogens (tertiary/aromatic N) is 4. The van der Waals surface area contributed by atoms with Gasteiger partial charge in [0.25, 0.3) is 0 Å². The Bertz CT molecular complexity index is 2140.